The predicted molar refractivity (Wildman–Crippen MR) is 59.1 cm³/mol. The Balaban J connectivity index is 2.15. The van der Waals surface area contributed by atoms with Gasteiger partial charge in [0.05, 0.1) is 5.51 Å². The van der Waals surface area contributed by atoms with Crippen LogP contribution in [-0.2, 0) is 6.42 Å². The first-order valence-electron chi connectivity index (χ1n) is 4.74. The van der Waals surface area contributed by atoms with Crippen molar-refractivity contribution in [3.63, 3.8) is 0 Å². The topological polar surface area (TPSA) is 38.9 Å². The fourth-order valence-corrected chi connectivity index (χ4v) is 2.12. The van der Waals surface area contributed by atoms with E-state index >= 15 is 0 Å². The fourth-order valence-electron chi connectivity index (χ4n) is 1.49. The maximum atomic E-state index is 12.9. The Bertz CT molecular complexity index is 451. The number of aromatic nitrogens is 1. The fraction of sp³-hybridized carbons (Fsp3) is 0.182. The van der Waals surface area contributed by atoms with Crippen molar-refractivity contribution in [1.82, 2.24) is 4.98 Å². The molecule has 1 aromatic carbocycles. The van der Waals surface area contributed by atoms with Gasteiger partial charge in [-0.3, -0.25) is 4.98 Å². The van der Waals surface area contributed by atoms with Crippen molar-refractivity contribution in [2.75, 3.05) is 0 Å². The van der Waals surface area contributed by atoms with Crippen molar-refractivity contribution in [2.45, 2.75) is 12.5 Å². The molecule has 0 bridgehead atoms. The van der Waals surface area contributed by atoms with Gasteiger partial charge in [0.15, 0.2) is 0 Å². The number of benzene rings is 1. The van der Waals surface area contributed by atoms with Gasteiger partial charge in [0.25, 0.3) is 0 Å². The maximum absolute atomic E-state index is 12.9. The van der Waals surface area contributed by atoms with Gasteiger partial charge in [-0.2, -0.15) is 0 Å². The quantitative estimate of drug-likeness (QED) is 0.895. The lowest BCUT2D eigenvalue weighted by Gasteiger charge is -2.09. The summed E-state index contributed by atoms with van der Waals surface area (Å²) in [6, 6.07) is 3.17. The molecule has 16 heavy (non-hydrogen) atoms. The zero-order valence-electron chi connectivity index (χ0n) is 8.36. The highest BCUT2D eigenvalue weighted by molar-refractivity contribution is 7.09. The maximum Gasteiger partial charge on any atom is 0.126 e. The standard InChI is InChI=1S/C11H10F2N2S/c12-8-1-7(2-9(13)4-8)3-10(14)11-5-15-6-16-11/h1-2,4-6,10H,3,14H2. The van der Waals surface area contributed by atoms with Crippen molar-refractivity contribution in [3.05, 3.63) is 52.0 Å². The van der Waals surface area contributed by atoms with E-state index in [1.54, 1.807) is 11.7 Å². The molecule has 1 unspecified atom stereocenters. The van der Waals surface area contributed by atoms with Crippen LogP contribution in [0.25, 0.3) is 0 Å². The molecule has 2 rings (SSSR count). The van der Waals surface area contributed by atoms with E-state index < -0.39 is 11.6 Å². The zero-order valence-corrected chi connectivity index (χ0v) is 9.18. The largest absolute Gasteiger partial charge is 0.323 e. The molecule has 0 fully saturated rings. The molecule has 0 aliphatic rings. The third-order valence-electron chi connectivity index (χ3n) is 2.19. The second-order valence-electron chi connectivity index (χ2n) is 3.49. The van der Waals surface area contributed by atoms with Gasteiger partial charge in [-0.05, 0) is 24.1 Å². The van der Waals surface area contributed by atoms with Crippen molar-refractivity contribution in [3.8, 4) is 0 Å². The summed E-state index contributed by atoms with van der Waals surface area (Å²) >= 11 is 1.44. The van der Waals surface area contributed by atoms with Gasteiger partial charge < -0.3 is 5.73 Å². The van der Waals surface area contributed by atoms with E-state index in [0.717, 1.165) is 10.9 Å². The van der Waals surface area contributed by atoms with Crippen molar-refractivity contribution in [2.24, 2.45) is 5.73 Å². The lowest BCUT2D eigenvalue weighted by Crippen LogP contribution is -2.12. The number of nitrogens with zero attached hydrogens (tertiary/aromatic N) is 1. The third kappa shape index (κ3) is 2.62. The van der Waals surface area contributed by atoms with Crippen LogP contribution < -0.4 is 5.73 Å². The summed E-state index contributed by atoms with van der Waals surface area (Å²) in [5.41, 5.74) is 8.13. The van der Waals surface area contributed by atoms with Crippen LogP contribution >= 0.6 is 11.3 Å². The first-order chi connectivity index (χ1) is 7.65. The summed E-state index contributed by atoms with van der Waals surface area (Å²) in [6.45, 7) is 0. The average Bonchev–Trinajstić information content (AvgIpc) is 2.68. The Hall–Kier alpha value is -1.33. The lowest BCUT2D eigenvalue weighted by molar-refractivity contribution is 0.577. The summed E-state index contributed by atoms with van der Waals surface area (Å²) in [4.78, 5) is 4.82. The molecule has 5 heteroatoms. The molecule has 0 spiro atoms. The van der Waals surface area contributed by atoms with Crippen LogP contribution in [0.2, 0.25) is 0 Å². The molecular weight excluding hydrogens is 230 g/mol. The highest BCUT2D eigenvalue weighted by Gasteiger charge is 2.10. The van der Waals surface area contributed by atoms with Crippen LogP contribution in [0.3, 0.4) is 0 Å². The first kappa shape index (κ1) is 11.2. The molecule has 0 aliphatic carbocycles. The van der Waals surface area contributed by atoms with Gasteiger partial charge in [-0.1, -0.05) is 0 Å². The molecule has 0 amide bonds. The SMILES string of the molecule is NC(Cc1cc(F)cc(F)c1)c1cncs1. The molecule has 2 nitrogen and oxygen atoms in total. The van der Waals surface area contributed by atoms with Crippen LogP contribution in [0.15, 0.2) is 29.9 Å². The summed E-state index contributed by atoms with van der Waals surface area (Å²) < 4.78 is 25.9. The highest BCUT2D eigenvalue weighted by atomic mass is 32.1. The Kier molecular flexibility index (Phi) is 3.26. The summed E-state index contributed by atoms with van der Waals surface area (Å²) in [5, 5.41) is 0. The Morgan fingerprint density at radius 2 is 1.94 bits per heavy atom. The van der Waals surface area contributed by atoms with Crippen LogP contribution in [0.1, 0.15) is 16.5 Å². The van der Waals surface area contributed by atoms with E-state index in [0.29, 0.717) is 12.0 Å². The van der Waals surface area contributed by atoms with Crippen LogP contribution in [0.4, 0.5) is 8.78 Å². The average molecular weight is 240 g/mol. The van der Waals surface area contributed by atoms with Gasteiger partial charge in [-0.15, -0.1) is 11.3 Å². The van der Waals surface area contributed by atoms with E-state index in [1.807, 2.05) is 0 Å². The Morgan fingerprint density at radius 3 is 2.50 bits per heavy atom. The minimum Gasteiger partial charge on any atom is -0.323 e. The number of hydrogen-bond donors (Lipinski definition) is 1. The molecule has 1 atom stereocenters. The second kappa shape index (κ2) is 4.67. The summed E-state index contributed by atoms with van der Waals surface area (Å²) in [7, 11) is 0. The lowest BCUT2D eigenvalue weighted by atomic mass is 10.1. The normalized spacial score (nSPS) is 12.7. The number of hydrogen-bond acceptors (Lipinski definition) is 3. The minimum absolute atomic E-state index is 0.270. The van der Waals surface area contributed by atoms with Crippen molar-refractivity contribution >= 4 is 11.3 Å². The molecule has 1 heterocycles. The summed E-state index contributed by atoms with van der Waals surface area (Å²) in [5.74, 6) is -1.15. The molecular formula is C11H10F2N2S. The van der Waals surface area contributed by atoms with Crippen molar-refractivity contribution in [1.29, 1.82) is 0 Å². The Labute approximate surface area is 95.7 Å². The van der Waals surface area contributed by atoms with Crippen LogP contribution in [0, 0.1) is 11.6 Å². The smallest absolute Gasteiger partial charge is 0.126 e. The molecule has 2 N–H and O–H groups in total. The first-order valence-corrected chi connectivity index (χ1v) is 5.62. The number of rotatable bonds is 3. The number of halogens is 2. The van der Waals surface area contributed by atoms with Crippen molar-refractivity contribution < 1.29 is 8.78 Å². The second-order valence-corrected chi connectivity index (χ2v) is 4.41. The number of nitrogens with two attached hydrogens (primary N) is 1. The van der Waals surface area contributed by atoms with Crippen LogP contribution in [-0.4, -0.2) is 4.98 Å². The molecule has 0 saturated heterocycles. The molecule has 2 aromatic rings. The van der Waals surface area contributed by atoms with Gasteiger partial charge in [0.1, 0.15) is 11.6 Å². The van der Waals surface area contributed by atoms with E-state index in [2.05, 4.69) is 4.98 Å². The molecule has 0 aliphatic heterocycles. The molecule has 0 radical (unpaired) electrons. The van der Waals surface area contributed by atoms with E-state index in [9.17, 15) is 8.78 Å². The van der Waals surface area contributed by atoms with Gasteiger partial charge in [0.2, 0.25) is 0 Å². The minimum atomic E-state index is -0.577. The molecule has 1 aromatic heterocycles. The predicted octanol–water partition coefficient (Wildman–Crippen LogP) is 2.66. The van der Waals surface area contributed by atoms with E-state index in [4.69, 9.17) is 5.73 Å². The molecule has 0 saturated carbocycles. The zero-order chi connectivity index (χ0) is 11.5. The van der Waals surface area contributed by atoms with E-state index in [1.165, 1.54) is 23.5 Å². The third-order valence-corrected chi connectivity index (χ3v) is 3.10. The Morgan fingerprint density at radius 1 is 1.25 bits per heavy atom. The molecule has 84 valence electrons. The van der Waals surface area contributed by atoms with Crippen LogP contribution in [0.5, 0.6) is 0 Å². The van der Waals surface area contributed by atoms with Gasteiger partial charge >= 0.3 is 0 Å². The van der Waals surface area contributed by atoms with E-state index in [-0.39, 0.29) is 6.04 Å². The van der Waals surface area contributed by atoms with Gasteiger partial charge in [-0.25, -0.2) is 8.78 Å². The highest BCUT2D eigenvalue weighted by Crippen LogP contribution is 2.20. The monoisotopic (exact) mass is 240 g/mol. The number of thiazole rings is 1. The van der Waals surface area contributed by atoms with Gasteiger partial charge in [0, 0.05) is 23.2 Å². The summed E-state index contributed by atoms with van der Waals surface area (Å²) in [6.07, 6.45) is 2.07.